The zero-order valence-corrected chi connectivity index (χ0v) is 16.6. The van der Waals surface area contributed by atoms with Gasteiger partial charge in [-0.2, -0.15) is 0 Å². The van der Waals surface area contributed by atoms with Crippen molar-refractivity contribution in [2.45, 2.75) is 53.5 Å². The van der Waals surface area contributed by atoms with Gasteiger partial charge < -0.3 is 14.7 Å². The molecule has 4 heteroatoms. The lowest BCUT2D eigenvalue weighted by molar-refractivity contribution is 0.149. The van der Waals surface area contributed by atoms with Crippen LogP contribution in [0.1, 0.15) is 47.5 Å². The van der Waals surface area contributed by atoms with Crippen molar-refractivity contribution in [3.8, 4) is 0 Å². The molecule has 0 unspecified atom stereocenters. The standard InChI is InChI=1S/C19H42N4/c1-6-20-11-9-12-22(8-3)17-18-23(19(4)5)14-10-13-21(7-2)16-15-20/h19H,6-18H2,1-5H3. The molecule has 0 N–H and O–H groups in total. The fourth-order valence-electron chi connectivity index (χ4n) is 3.48. The van der Waals surface area contributed by atoms with E-state index in [-0.39, 0.29) is 0 Å². The van der Waals surface area contributed by atoms with Gasteiger partial charge in [-0.15, -0.1) is 0 Å². The molecular formula is C19H42N4. The highest BCUT2D eigenvalue weighted by Crippen LogP contribution is 2.05. The summed E-state index contributed by atoms with van der Waals surface area (Å²) in [6, 6.07) is 0.660. The number of nitrogens with zero attached hydrogens (tertiary/aromatic N) is 4. The SMILES string of the molecule is CCN1CCCN(CC)CCN(C(C)C)CCCN(CC)CC1. The first-order valence-electron chi connectivity index (χ1n) is 10.0. The van der Waals surface area contributed by atoms with Crippen molar-refractivity contribution in [2.75, 3.05) is 72.0 Å². The average Bonchev–Trinajstić information content (AvgIpc) is 2.55. The predicted octanol–water partition coefficient (Wildman–Crippen LogP) is 2.46. The molecule has 0 aromatic heterocycles. The largest absolute Gasteiger partial charge is 0.302 e. The smallest absolute Gasteiger partial charge is 0.0112 e. The van der Waals surface area contributed by atoms with E-state index in [1.807, 2.05) is 0 Å². The van der Waals surface area contributed by atoms with Gasteiger partial charge >= 0.3 is 0 Å². The van der Waals surface area contributed by atoms with Crippen LogP contribution in [-0.4, -0.2) is 97.6 Å². The lowest BCUT2D eigenvalue weighted by atomic mass is 10.2. The summed E-state index contributed by atoms with van der Waals surface area (Å²) in [4.78, 5) is 10.6. The van der Waals surface area contributed by atoms with Gasteiger partial charge in [-0.05, 0) is 72.5 Å². The Morgan fingerprint density at radius 1 is 0.565 bits per heavy atom. The molecule has 0 atom stereocenters. The number of hydrogen-bond acceptors (Lipinski definition) is 4. The Hall–Kier alpha value is -0.160. The van der Waals surface area contributed by atoms with Crippen molar-refractivity contribution in [2.24, 2.45) is 0 Å². The van der Waals surface area contributed by atoms with Crippen LogP contribution in [0.3, 0.4) is 0 Å². The van der Waals surface area contributed by atoms with Crippen molar-refractivity contribution < 1.29 is 0 Å². The van der Waals surface area contributed by atoms with Gasteiger partial charge in [-0.3, -0.25) is 4.90 Å². The second kappa shape index (κ2) is 12.2. The second-order valence-corrected chi connectivity index (χ2v) is 7.14. The van der Waals surface area contributed by atoms with E-state index in [0.717, 1.165) is 0 Å². The van der Waals surface area contributed by atoms with Gasteiger partial charge in [0, 0.05) is 32.2 Å². The maximum absolute atomic E-state index is 2.67. The molecule has 1 aliphatic heterocycles. The summed E-state index contributed by atoms with van der Waals surface area (Å²) in [6.07, 6.45) is 2.60. The minimum atomic E-state index is 0.660. The fourth-order valence-corrected chi connectivity index (χ4v) is 3.48. The lowest BCUT2D eigenvalue weighted by Gasteiger charge is -2.32. The van der Waals surface area contributed by atoms with Crippen molar-refractivity contribution in [1.29, 1.82) is 0 Å². The zero-order valence-electron chi connectivity index (χ0n) is 16.6. The highest BCUT2D eigenvalue weighted by Gasteiger charge is 2.14. The third-order valence-electron chi connectivity index (χ3n) is 5.38. The highest BCUT2D eigenvalue weighted by atomic mass is 15.2. The van der Waals surface area contributed by atoms with Crippen molar-refractivity contribution in [1.82, 2.24) is 19.6 Å². The van der Waals surface area contributed by atoms with Gasteiger partial charge in [0.25, 0.3) is 0 Å². The van der Waals surface area contributed by atoms with Crippen molar-refractivity contribution >= 4 is 0 Å². The number of rotatable bonds is 4. The minimum absolute atomic E-state index is 0.660. The Labute approximate surface area is 145 Å². The van der Waals surface area contributed by atoms with E-state index in [4.69, 9.17) is 0 Å². The fraction of sp³-hybridized carbons (Fsp3) is 1.00. The van der Waals surface area contributed by atoms with Crippen LogP contribution in [0.4, 0.5) is 0 Å². The summed E-state index contributed by atoms with van der Waals surface area (Å²) in [6.45, 7) is 25.0. The van der Waals surface area contributed by atoms with Gasteiger partial charge in [0.05, 0.1) is 0 Å². The molecule has 1 saturated heterocycles. The van der Waals surface area contributed by atoms with Crippen molar-refractivity contribution in [3.63, 3.8) is 0 Å². The maximum Gasteiger partial charge on any atom is 0.0112 e. The predicted molar refractivity (Wildman–Crippen MR) is 102 cm³/mol. The van der Waals surface area contributed by atoms with Crippen LogP contribution < -0.4 is 0 Å². The molecule has 0 bridgehead atoms. The van der Waals surface area contributed by atoms with Crippen molar-refractivity contribution in [3.05, 3.63) is 0 Å². The Balaban J connectivity index is 2.62. The molecule has 0 aromatic rings. The van der Waals surface area contributed by atoms with Gasteiger partial charge in [0.2, 0.25) is 0 Å². The average molecular weight is 327 g/mol. The van der Waals surface area contributed by atoms with Crippen LogP contribution in [0.5, 0.6) is 0 Å². The number of hydrogen-bond donors (Lipinski definition) is 0. The monoisotopic (exact) mass is 326 g/mol. The molecule has 0 aliphatic carbocycles. The van der Waals surface area contributed by atoms with Gasteiger partial charge in [0.15, 0.2) is 0 Å². The molecule has 1 rings (SSSR count). The number of likely N-dealkylation sites (N-methyl/N-ethyl adjacent to an activating group) is 3. The summed E-state index contributed by atoms with van der Waals surface area (Å²) >= 11 is 0. The van der Waals surface area contributed by atoms with Gasteiger partial charge in [-0.25, -0.2) is 0 Å². The molecule has 1 fully saturated rings. The quantitative estimate of drug-likeness (QED) is 0.787. The molecular weight excluding hydrogens is 284 g/mol. The summed E-state index contributed by atoms with van der Waals surface area (Å²) < 4.78 is 0. The van der Waals surface area contributed by atoms with Crippen LogP contribution in [0.2, 0.25) is 0 Å². The van der Waals surface area contributed by atoms with Gasteiger partial charge in [0.1, 0.15) is 0 Å². The molecule has 23 heavy (non-hydrogen) atoms. The lowest BCUT2D eigenvalue weighted by Crippen LogP contribution is -2.42. The molecule has 1 heterocycles. The first-order chi connectivity index (χ1) is 11.1. The third kappa shape index (κ3) is 8.48. The van der Waals surface area contributed by atoms with Gasteiger partial charge in [-0.1, -0.05) is 20.8 Å². The summed E-state index contributed by atoms with van der Waals surface area (Å²) in [5.74, 6) is 0. The molecule has 0 aromatic carbocycles. The second-order valence-electron chi connectivity index (χ2n) is 7.14. The molecule has 0 spiro atoms. The normalized spacial score (nSPS) is 23.2. The molecule has 138 valence electrons. The summed E-state index contributed by atoms with van der Waals surface area (Å²) in [7, 11) is 0. The van der Waals surface area contributed by atoms with E-state index >= 15 is 0 Å². The Kier molecular flexibility index (Phi) is 11.1. The Morgan fingerprint density at radius 3 is 1.35 bits per heavy atom. The van der Waals surface area contributed by atoms with E-state index in [9.17, 15) is 0 Å². The Bertz CT molecular complexity index is 283. The van der Waals surface area contributed by atoms with Crippen LogP contribution in [0.15, 0.2) is 0 Å². The molecule has 0 saturated carbocycles. The molecule has 4 nitrogen and oxygen atoms in total. The maximum atomic E-state index is 2.67. The van der Waals surface area contributed by atoms with Crippen LogP contribution in [-0.2, 0) is 0 Å². The molecule has 0 radical (unpaired) electrons. The van der Waals surface area contributed by atoms with E-state index in [1.54, 1.807) is 0 Å². The third-order valence-corrected chi connectivity index (χ3v) is 5.38. The zero-order chi connectivity index (χ0) is 17.1. The van der Waals surface area contributed by atoms with Crippen LogP contribution in [0, 0.1) is 0 Å². The van der Waals surface area contributed by atoms with Crippen LogP contribution >= 0.6 is 0 Å². The van der Waals surface area contributed by atoms with E-state index in [0.29, 0.717) is 6.04 Å². The first kappa shape index (κ1) is 20.9. The van der Waals surface area contributed by atoms with E-state index in [1.165, 1.54) is 84.8 Å². The summed E-state index contributed by atoms with van der Waals surface area (Å²) in [5, 5.41) is 0. The highest BCUT2D eigenvalue weighted by molar-refractivity contribution is 4.70. The Morgan fingerprint density at radius 2 is 0.957 bits per heavy atom. The van der Waals surface area contributed by atoms with Crippen LogP contribution in [0.25, 0.3) is 0 Å². The van der Waals surface area contributed by atoms with E-state index < -0.39 is 0 Å². The first-order valence-corrected chi connectivity index (χ1v) is 10.0. The molecule has 1 aliphatic rings. The minimum Gasteiger partial charge on any atom is -0.302 e. The van der Waals surface area contributed by atoms with E-state index in [2.05, 4.69) is 54.2 Å². The molecule has 0 amide bonds. The topological polar surface area (TPSA) is 13.0 Å². The summed E-state index contributed by atoms with van der Waals surface area (Å²) in [5.41, 5.74) is 0.